The first-order valence-electron chi connectivity index (χ1n) is 4.47. The molecule has 0 aliphatic rings. The van der Waals surface area contributed by atoms with Gasteiger partial charge in [-0.3, -0.25) is 4.98 Å². The SMILES string of the molecule is O=[SH](=O)NCc1ccc2ncccc2c1. The molecule has 0 saturated heterocycles. The van der Waals surface area contributed by atoms with Crippen LogP contribution in [-0.2, 0) is 17.4 Å². The van der Waals surface area contributed by atoms with Crippen LogP contribution in [0.3, 0.4) is 0 Å². The number of thiol groups is 1. The first-order valence-corrected chi connectivity index (χ1v) is 5.65. The maximum absolute atomic E-state index is 10.3. The summed E-state index contributed by atoms with van der Waals surface area (Å²) in [5.74, 6) is 0. The topological polar surface area (TPSA) is 59.1 Å². The van der Waals surface area contributed by atoms with Gasteiger partial charge in [0, 0.05) is 18.1 Å². The lowest BCUT2D eigenvalue weighted by molar-refractivity contribution is 0.601. The van der Waals surface area contributed by atoms with Crippen LogP contribution < -0.4 is 4.72 Å². The molecule has 1 N–H and O–H groups in total. The number of nitrogens with zero attached hydrogens (tertiary/aromatic N) is 1. The van der Waals surface area contributed by atoms with E-state index in [4.69, 9.17) is 0 Å². The van der Waals surface area contributed by atoms with Gasteiger partial charge >= 0.3 is 0 Å². The van der Waals surface area contributed by atoms with Gasteiger partial charge in [0.1, 0.15) is 0 Å². The van der Waals surface area contributed by atoms with Crippen LogP contribution in [0.25, 0.3) is 10.9 Å². The summed E-state index contributed by atoms with van der Waals surface area (Å²) in [6.07, 6.45) is 1.73. The lowest BCUT2D eigenvalue weighted by Gasteiger charge is -2.01. The Labute approximate surface area is 89.0 Å². The van der Waals surface area contributed by atoms with Gasteiger partial charge in [-0.05, 0) is 23.8 Å². The van der Waals surface area contributed by atoms with Gasteiger partial charge in [0.2, 0.25) is 10.9 Å². The van der Waals surface area contributed by atoms with Gasteiger partial charge < -0.3 is 0 Å². The zero-order valence-corrected chi connectivity index (χ0v) is 8.78. The van der Waals surface area contributed by atoms with Crippen molar-refractivity contribution in [1.29, 1.82) is 0 Å². The molecule has 2 aromatic rings. The van der Waals surface area contributed by atoms with Crippen LogP contribution in [0.1, 0.15) is 5.56 Å². The summed E-state index contributed by atoms with van der Waals surface area (Å²) in [7, 11) is -2.53. The van der Waals surface area contributed by atoms with Crippen molar-refractivity contribution in [2.24, 2.45) is 0 Å². The fraction of sp³-hybridized carbons (Fsp3) is 0.100. The van der Waals surface area contributed by atoms with E-state index in [9.17, 15) is 8.42 Å². The summed E-state index contributed by atoms with van der Waals surface area (Å²) in [4.78, 5) is 4.18. The Kier molecular flexibility index (Phi) is 2.94. The third-order valence-corrected chi connectivity index (χ3v) is 2.50. The molecule has 0 aliphatic heterocycles. The minimum Gasteiger partial charge on any atom is -0.256 e. The van der Waals surface area contributed by atoms with E-state index < -0.39 is 10.9 Å². The van der Waals surface area contributed by atoms with Gasteiger partial charge in [-0.2, -0.15) is 0 Å². The van der Waals surface area contributed by atoms with E-state index in [1.165, 1.54) is 0 Å². The van der Waals surface area contributed by atoms with Gasteiger partial charge in [0.25, 0.3) is 0 Å². The van der Waals surface area contributed by atoms with Crippen molar-refractivity contribution >= 4 is 21.8 Å². The second-order valence-electron chi connectivity index (χ2n) is 3.12. The van der Waals surface area contributed by atoms with Crippen molar-refractivity contribution in [2.75, 3.05) is 0 Å². The number of hydrogen-bond donors (Lipinski definition) is 2. The summed E-state index contributed by atoms with van der Waals surface area (Å²) < 4.78 is 23.1. The van der Waals surface area contributed by atoms with Crippen LogP contribution in [0, 0.1) is 0 Å². The third-order valence-electron chi connectivity index (χ3n) is 2.08. The molecule has 0 radical (unpaired) electrons. The molecule has 78 valence electrons. The maximum atomic E-state index is 10.3. The summed E-state index contributed by atoms with van der Waals surface area (Å²) >= 11 is 0. The lowest BCUT2D eigenvalue weighted by Crippen LogP contribution is -2.09. The van der Waals surface area contributed by atoms with Crippen LogP contribution in [0.5, 0.6) is 0 Å². The molecule has 2 rings (SSSR count). The molecule has 1 aromatic carbocycles. The Morgan fingerprint density at radius 1 is 1.27 bits per heavy atom. The van der Waals surface area contributed by atoms with E-state index in [1.807, 2.05) is 30.3 Å². The highest BCUT2D eigenvalue weighted by molar-refractivity contribution is 7.70. The molecule has 0 bridgehead atoms. The van der Waals surface area contributed by atoms with Crippen molar-refractivity contribution in [3.63, 3.8) is 0 Å². The highest BCUT2D eigenvalue weighted by Crippen LogP contribution is 2.12. The third kappa shape index (κ3) is 2.51. The van der Waals surface area contributed by atoms with E-state index in [2.05, 4.69) is 9.71 Å². The zero-order chi connectivity index (χ0) is 10.7. The molecule has 0 unspecified atom stereocenters. The van der Waals surface area contributed by atoms with Gasteiger partial charge in [-0.1, -0.05) is 12.1 Å². The molecule has 5 heteroatoms. The molecular weight excluding hydrogens is 212 g/mol. The average molecular weight is 222 g/mol. The second kappa shape index (κ2) is 4.37. The van der Waals surface area contributed by atoms with Crippen molar-refractivity contribution in [2.45, 2.75) is 6.54 Å². The van der Waals surface area contributed by atoms with Crippen LogP contribution in [-0.4, -0.2) is 13.4 Å². The standard InChI is InChI=1S/C10H10N2O2S/c13-15(14)12-7-8-3-4-10-9(6-8)2-1-5-11-10/h1-6,15H,7H2,(H,12,13,14). The van der Waals surface area contributed by atoms with Gasteiger partial charge in [-0.15, -0.1) is 0 Å². The quantitative estimate of drug-likeness (QED) is 0.757. The second-order valence-corrected chi connectivity index (χ2v) is 3.95. The predicted octanol–water partition coefficient (Wildman–Crippen LogP) is 0.851. The summed E-state index contributed by atoms with van der Waals surface area (Å²) in [5.41, 5.74) is 1.84. The Hall–Kier alpha value is -1.46. The molecule has 0 atom stereocenters. The molecule has 0 aliphatic carbocycles. The summed E-state index contributed by atoms with van der Waals surface area (Å²) in [6.45, 7) is 0.323. The summed E-state index contributed by atoms with van der Waals surface area (Å²) in [6, 6.07) is 9.47. The van der Waals surface area contributed by atoms with Gasteiger partial charge in [-0.25, -0.2) is 13.1 Å². The van der Waals surface area contributed by atoms with Crippen LogP contribution in [0.4, 0.5) is 0 Å². The molecule has 0 spiro atoms. The van der Waals surface area contributed by atoms with Crippen LogP contribution >= 0.6 is 0 Å². The summed E-state index contributed by atoms with van der Waals surface area (Å²) in [5, 5.41) is 1.01. The lowest BCUT2D eigenvalue weighted by atomic mass is 10.1. The maximum Gasteiger partial charge on any atom is 0.201 e. The molecule has 4 nitrogen and oxygen atoms in total. The normalized spacial score (nSPS) is 11.0. The minimum absolute atomic E-state index is 0.323. The van der Waals surface area contributed by atoms with Crippen LogP contribution in [0.15, 0.2) is 36.5 Å². The highest BCUT2D eigenvalue weighted by atomic mass is 32.2. The van der Waals surface area contributed by atoms with Gasteiger partial charge in [0.05, 0.1) is 5.52 Å². The molecule has 0 saturated carbocycles. The molecule has 0 amide bonds. The molecular formula is C10H10N2O2S. The Balaban J connectivity index is 2.30. The first-order chi connectivity index (χ1) is 7.25. The van der Waals surface area contributed by atoms with Crippen LogP contribution in [0.2, 0.25) is 0 Å². The largest absolute Gasteiger partial charge is 0.256 e. The van der Waals surface area contributed by atoms with E-state index in [1.54, 1.807) is 6.20 Å². The highest BCUT2D eigenvalue weighted by Gasteiger charge is 1.96. The van der Waals surface area contributed by atoms with E-state index in [0.29, 0.717) is 6.54 Å². The van der Waals surface area contributed by atoms with Crippen molar-refractivity contribution in [1.82, 2.24) is 9.71 Å². The van der Waals surface area contributed by atoms with Crippen molar-refractivity contribution in [3.05, 3.63) is 42.1 Å². The van der Waals surface area contributed by atoms with Gasteiger partial charge in [0.15, 0.2) is 0 Å². The molecule has 15 heavy (non-hydrogen) atoms. The number of benzene rings is 1. The molecule has 1 aromatic heterocycles. The molecule has 0 fully saturated rings. The van der Waals surface area contributed by atoms with Crippen molar-refractivity contribution in [3.8, 4) is 0 Å². The van der Waals surface area contributed by atoms with E-state index in [-0.39, 0.29) is 0 Å². The van der Waals surface area contributed by atoms with Crippen molar-refractivity contribution < 1.29 is 8.42 Å². The minimum atomic E-state index is -2.53. The fourth-order valence-corrected chi connectivity index (χ4v) is 1.70. The monoisotopic (exact) mass is 222 g/mol. The Morgan fingerprint density at radius 2 is 2.13 bits per heavy atom. The number of nitrogens with one attached hydrogen (secondary N) is 1. The first kappa shape index (κ1) is 10.1. The van der Waals surface area contributed by atoms with E-state index in [0.717, 1.165) is 16.5 Å². The number of pyridine rings is 1. The smallest absolute Gasteiger partial charge is 0.201 e. The fourth-order valence-electron chi connectivity index (χ4n) is 1.39. The average Bonchev–Trinajstić information content (AvgIpc) is 2.26. The predicted molar refractivity (Wildman–Crippen MR) is 58.9 cm³/mol. The molecule has 1 heterocycles. The number of aromatic nitrogens is 1. The number of rotatable bonds is 3. The Morgan fingerprint density at radius 3 is 2.93 bits per heavy atom. The zero-order valence-electron chi connectivity index (χ0n) is 7.88. The Bertz CT molecular complexity index is 544. The number of hydrogen-bond acceptors (Lipinski definition) is 3. The van der Waals surface area contributed by atoms with E-state index >= 15 is 0 Å². The number of fused-ring (bicyclic) bond motifs is 1.